The molecule has 0 unspecified atom stereocenters. The highest BCUT2D eigenvalue weighted by Crippen LogP contribution is 2.26. The van der Waals surface area contributed by atoms with Crippen molar-refractivity contribution in [1.82, 2.24) is 4.98 Å². The molecule has 2 aromatic rings. The van der Waals surface area contributed by atoms with E-state index in [9.17, 15) is 4.79 Å². The van der Waals surface area contributed by atoms with Crippen molar-refractivity contribution in [2.75, 3.05) is 6.61 Å². The van der Waals surface area contributed by atoms with Crippen molar-refractivity contribution < 1.29 is 9.53 Å². The Hall–Kier alpha value is -2.16. The van der Waals surface area contributed by atoms with Crippen molar-refractivity contribution in [3.8, 4) is 5.75 Å². The number of rotatable bonds is 2. The molecule has 0 radical (unpaired) electrons. The summed E-state index contributed by atoms with van der Waals surface area (Å²) >= 11 is 0. The molecular formula is C16H15NO2. The molecule has 0 fully saturated rings. The van der Waals surface area contributed by atoms with Crippen molar-refractivity contribution in [2.45, 2.75) is 19.3 Å². The summed E-state index contributed by atoms with van der Waals surface area (Å²) in [5.74, 6) is 0.957. The number of aryl methyl sites for hydroxylation is 1. The summed E-state index contributed by atoms with van der Waals surface area (Å²) < 4.78 is 5.67. The van der Waals surface area contributed by atoms with Crippen LogP contribution in [-0.4, -0.2) is 17.4 Å². The number of nitrogens with zero attached hydrogens (tertiary/aromatic N) is 1. The van der Waals surface area contributed by atoms with Gasteiger partial charge in [-0.15, -0.1) is 0 Å². The number of aromatic nitrogens is 1. The molecule has 3 rings (SSSR count). The number of benzene rings is 1. The van der Waals surface area contributed by atoms with Gasteiger partial charge in [-0.2, -0.15) is 0 Å². The van der Waals surface area contributed by atoms with Gasteiger partial charge in [0, 0.05) is 23.5 Å². The van der Waals surface area contributed by atoms with Crippen LogP contribution in [-0.2, 0) is 6.42 Å². The molecule has 0 amide bonds. The molecule has 19 heavy (non-hydrogen) atoms. The molecule has 1 aliphatic heterocycles. The Kier molecular flexibility index (Phi) is 3.27. The Balaban J connectivity index is 1.94. The van der Waals surface area contributed by atoms with Gasteiger partial charge in [-0.05, 0) is 55.2 Å². The van der Waals surface area contributed by atoms with Crippen LogP contribution in [0.4, 0.5) is 0 Å². The van der Waals surface area contributed by atoms with Gasteiger partial charge in [0.25, 0.3) is 0 Å². The maximum atomic E-state index is 12.3. The first-order chi connectivity index (χ1) is 9.34. The standard InChI is InChI=1S/C16H15NO2/c18-16(12-6-8-17-9-7-12)14-4-5-15-13(11-14)3-1-2-10-19-15/h4-9,11H,1-3,10H2. The Morgan fingerprint density at radius 1 is 1.05 bits per heavy atom. The topological polar surface area (TPSA) is 39.2 Å². The van der Waals surface area contributed by atoms with Gasteiger partial charge >= 0.3 is 0 Å². The zero-order chi connectivity index (χ0) is 13.1. The van der Waals surface area contributed by atoms with E-state index in [-0.39, 0.29) is 5.78 Å². The molecule has 1 aromatic carbocycles. The van der Waals surface area contributed by atoms with Crippen molar-refractivity contribution in [2.24, 2.45) is 0 Å². The summed E-state index contributed by atoms with van der Waals surface area (Å²) in [5.41, 5.74) is 2.53. The number of ketones is 1. The molecule has 0 saturated heterocycles. The van der Waals surface area contributed by atoms with Gasteiger partial charge in [0.05, 0.1) is 6.61 Å². The molecular weight excluding hydrogens is 238 g/mol. The van der Waals surface area contributed by atoms with Crippen molar-refractivity contribution in [1.29, 1.82) is 0 Å². The number of hydrogen-bond donors (Lipinski definition) is 0. The van der Waals surface area contributed by atoms with Crippen molar-refractivity contribution >= 4 is 5.78 Å². The Morgan fingerprint density at radius 3 is 2.74 bits per heavy atom. The van der Waals surface area contributed by atoms with Crippen LogP contribution in [0.2, 0.25) is 0 Å². The van der Waals surface area contributed by atoms with Gasteiger partial charge < -0.3 is 4.74 Å². The lowest BCUT2D eigenvalue weighted by atomic mass is 9.99. The van der Waals surface area contributed by atoms with Gasteiger partial charge in [0.15, 0.2) is 5.78 Å². The highest BCUT2D eigenvalue weighted by Gasteiger charge is 2.14. The average Bonchev–Trinajstić information content (AvgIpc) is 2.72. The Morgan fingerprint density at radius 2 is 1.89 bits per heavy atom. The predicted molar refractivity (Wildman–Crippen MR) is 72.5 cm³/mol. The second kappa shape index (κ2) is 5.22. The number of carbonyl (C=O) groups excluding carboxylic acids is 1. The van der Waals surface area contributed by atoms with Gasteiger partial charge in [-0.25, -0.2) is 0 Å². The fourth-order valence-electron chi connectivity index (χ4n) is 2.33. The van der Waals surface area contributed by atoms with Gasteiger partial charge in [0.1, 0.15) is 5.75 Å². The second-order valence-corrected chi connectivity index (χ2v) is 4.69. The minimum absolute atomic E-state index is 0.0365. The highest BCUT2D eigenvalue weighted by molar-refractivity contribution is 6.09. The van der Waals surface area contributed by atoms with Crippen LogP contribution in [0.5, 0.6) is 5.75 Å². The second-order valence-electron chi connectivity index (χ2n) is 4.69. The molecule has 0 aliphatic carbocycles. The fraction of sp³-hybridized carbons (Fsp3) is 0.250. The maximum absolute atomic E-state index is 12.3. The number of pyridine rings is 1. The van der Waals surface area contributed by atoms with E-state index < -0.39 is 0 Å². The summed E-state index contributed by atoms with van der Waals surface area (Å²) in [5, 5.41) is 0. The summed E-state index contributed by atoms with van der Waals surface area (Å²) in [7, 11) is 0. The lowest BCUT2D eigenvalue weighted by molar-refractivity contribution is 0.103. The third-order valence-corrected chi connectivity index (χ3v) is 3.36. The third kappa shape index (κ3) is 2.50. The molecule has 3 heteroatoms. The maximum Gasteiger partial charge on any atom is 0.193 e. The number of carbonyl (C=O) groups is 1. The molecule has 0 atom stereocenters. The molecule has 3 nitrogen and oxygen atoms in total. The number of hydrogen-bond acceptors (Lipinski definition) is 3. The zero-order valence-electron chi connectivity index (χ0n) is 10.6. The first kappa shape index (κ1) is 11.9. The first-order valence-electron chi connectivity index (χ1n) is 6.55. The Labute approximate surface area is 112 Å². The Bertz CT molecular complexity index is 593. The normalized spacial score (nSPS) is 14.1. The monoisotopic (exact) mass is 253 g/mol. The van der Waals surface area contributed by atoms with Crippen LogP contribution in [0.15, 0.2) is 42.7 Å². The number of ether oxygens (including phenoxy) is 1. The van der Waals surface area contributed by atoms with E-state index >= 15 is 0 Å². The van der Waals surface area contributed by atoms with E-state index in [2.05, 4.69) is 4.98 Å². The van der Waals surface area contributed by atoms with Crippen LogP contribution < -0.4 is 4.74 Å². The predicted octanol–water partition coefficient (Wildman–Crippen LogP) is 3.03. The average molecular weight is 253 g/mol. The van der Waals surface area contributed by atoms with E-state index in [1.54, 1.807) is 24.5 Å². The molecule has 0 spiro atoms. The van der Waals surface area contributed by atoms with Gasteiger partial charge in [-0.1, -0.05) is 0 Å². The van der Waals surface area contributed by atoms with E-state index in [0.717, 1.165) is 42.7 Å². The molecule has 0 saturated carbocycles. The third-order valence-electron chi connectivity index (χ3n) is 3.36. The summed E-state index contributed by atoms with van der Waals surface area (Å²) in [6.07, 6.45) is 6.44. The molecule has 0 bridgehead atoms. The van der Waals surface area contributed by atoms with Gasteiger partial charge in [-0.3, -0.25) is 9.78 Å². The summed E-state index contributed by atoms with van der Waals surface area (Å²) in [6.45, 7) is 0.768. The van der Waals surface area contributed by atoms with E-state index in [4.69, 9.17) is 4.74 Å². The smallest absolute Gasteiger partial charge is 0.193 e. The lowest BCUT2D eigenvalue weighted by Gasteiger charge is -2.08. The highest BCUT2D eigenvalue weighted by atomic mass is 16.5. The van der Waals surface area contributed by atoms with Gasteiger partial charge in [0.2, 0.25) is 0 Å². The van der Waals surface area contributed by atoms with Crippen LogP contribution in [0.25, 0.3) is 0 Å². The summed E-state index contributed by atoms with van der Waals surface area (Å²) in [4.78, 5) is 16.3. The largest absolute Gasteiger partial charge is 0.493 e. The molecule has 0 N–H and O–H groups in total. The van der Waals surface area contributed by atoms with E-state index in [0.29, 0.717) is 5.56 Å². The fourth-order valence-corrected chi connectivity index (χ4v) is 2.33. The minimum atomic E-state index is 0.0365. The van der Waals surface area contributed by atoms with E-state index in [1.165, 1.54) is 0 Å². The van der Waals surface area contributed by atoms with Crippen LogP contribution in [0.1, 0.15) is 34.3 Å². The van der Waals surface area contributed by atoms with Crippen molar-refractivity contribution in [3.05, 3.63) is 59.4 Å². The van der Waals surface area contributed by atoms with E-state index in [1.807, 2.05) is 18.2 Å². The summed E-state index contributed by atoms with van der Waals surface area (Å²) in [6, 6.07) is 9.19. The SMILES string of the molecule is O=C(c1ccncc1)c1ccc2c(c1)CCCCO2. The number of fused-ring (bicyclic) bond motifs is 1. The minimum Gasteiger partial charge on any atom is -0.493 e. The molecule has 2 heterocycles. The van der Waals surface area contributed by atoms with Crippen LogP contribution in [0.3, 0.4) is 0 Å². The first-order valence-corrected chi connectivity index (χ1v) is 6.55. The lowest BCUT2D eigenvalue weighted by Crippen LogP contribution is -2.03. The quantitative estimate of drug-likeness (QED) is 0.772. The molecule has 1 aromatic heterocycles. The van der Waals surface area contributed by atoms with Crippen molar-refractivity contribution in [3.63, 3.8) is 0 Å². The van der Waals surface area contributed by atoms with Crippen LogP contribution in [0, 0.1) is 0 Å². The zero-order valence-corrected chi connectivity index (χ0v) is 10.6. The molecule has 1 aliphatic rings. The van der Waals surface area contributed by atoms with Crippen LogP contribution >= 0.6 is 0 Å². The molecule has 96 valence electrons.